The van der Waals surface area contributed by atoms with Gasteiger partial charge in [0.15, 0.2) is 11.5 Å². The van der Waals surface area contributed by atoms with E-state index in [1.807, 2.05) is 47.8 Å². The van der Waals surface area contributed by atoms with Gasteiger partial charge in [0.05, 0.1) is 35.4 Å². The molecule has 0 fully saturated rings. The first-order valence-corrected chi connectivity index (χ1v) is 10.6. The molecule has 0 saturated carbocycles. The molecule has 31 heavy (non-hydrogen) atoms. The average Bonchev–Trinajstić information content (AvgIpc) is 3.34. The van der Waals surface area contributed by atoms with Gasteiger partial charge in [-0.1, -0.05) is 24.3 Å². The lowest BCUT2D eigenvalue weighted by molar-refractivity contribution is 0.102. The fourth-order valence-corrected chi connectivity index (χ4v) is 3.90. The Morgan fingerprint density at radius 2 is 1.87 bits per heavy atom. The fraction of sp³-hybridized carbons (Fsp3) is 0.167. The van der Waals surface area contributed by atoms with Crippen molar-refractivity contribution in [2.24, 2.45) is 0 Å². The maximum Gasteiger partial charge on any atom is 0.256 e. The largest absolute Gasteiger partial charge is 0.493 e. The molecule has 0 aliphatic rings. The molecule has 1 amide bonds. The minimum atomic E-state index is -0.218. The molecule has 2 heterocycles. The number of thiophene rings is 1. The van der Waals surface area contributed by atoms with Gasteiger partial charge in [-0.3, -0.25) is 4.79 Å². The van der Waals surface area contributed by atoms with Gasteiger partial charge < -0.3 is 19.5 Å². The van der Waals surface area contributed by atoms with Crippen molar-refractivity contribution in [2.45, 2.75) is 0 Å². The number of amides is 1. The first kappa shape index (κ1) is 20.8. The van der Waals surface area contributed by atoms with Gasteiger partial charge in [0.25, 0.3) is 5.91 Å². The summed E-state index contributed by atoms with van der Waals surface area (Å²) in [5.74, 6) is 0.907. The van der Waals surface area contributed by atoms with Gasteiger partial charge in [-0.25, -0.2) is 4.98 Å². The van der Waals surface area contributed by atoms with Crippen molar-refractivity contribution in [3.8, 4) is 22.1 Å². The second kappa shape index (κ2) is 9.59. The van der Waals surface area contributed by atoms with Gasteiger partial charge in [-0.2, -0.15) is 0 Å². The number of hydrogen-bond acceptors (Lipinski definition) is 6. The molecular formula is C24H22N2O4S. The molecule has 4 rings (SSSR count). The summed E-state index contributed by atoms with van der Waals surface area (Å²) in [4.78, 5) is 19.0. The summed E-state index contributed by atoms with van der Waals surface area (Å²) in [6, 6.07) is 18.7. The molecule has 0 radical (unpaired) electrons. The second-order valence-corrected chi connectivity index (χ2v) is 7.66. The van der Waals surface area contributed by atoms with Crippen LogP contribution in [0.4, 0.5) is 5.69 Å². The Bertz CT molecular complexity index is 1190. The predicted molar refractivity (Wildman–Crippen MR) is 123 cm³/mol. The van der Waals surface area contributed by atoms with Gasteiger partial charge in [0, 0.05) is 24.2 Å². The molecule has 1 N–H and O–H groups in total. The lowest BCUT2D eigenvalue weighted by Gasteiger charge is -2.14. The maximum absolute atomic E-state index is 13.2. The van der Waals surface area contributed by atoms with E-state index in [4.69, 9.17) is 19.2 Å². The van der Waals surface area contributed by atoms with Crippen molar-refractivity contribution in [1.29, 1.82) is 0 Å². The summed E-state index contributed by atoms with van der Waals surface area (Å²) in [5.41, 5.74) is 2.72. The smallest absolute Gasteiger partial charge is 0.256 e. The number of pyridine rings is 1. The van der Waals surface area contributed by atoms with Crippen LogP contribution in [0.5, 0.6) is 11.5 Å². The van der Waals surface area contributed by atoms with Gasteiger partial charge in [-0.05, 0) is 35.7 Å². The van der Waals surface area contributed by atoms with Crippen LogP contribution in [0.3, 0.4) is 0 Å². The normalized spacial score (nSPS) is 10.8. The highest BCUT2D eigenvalue weighted by Crippen LogP contribution is 2.32. The van der Waals surface area contributed by atoms with Crippen LogP contribution in [0, 0.1) is 0 Å². The second-order valence-electron chi connectivity index (χ2n) is 6.71. The molecule has 0 unspecified atom stereocenters. The molecule has 6 nitrogen and oxygen atoms in total. The Hall–Kier alpha value is -3.42. The molecule has 0 bridgehead atoms. The quantitative estimate of drug-likeness (QED) is 0.384. The van der Waals surface area contributed by atoms with Crippen LogP contribution < -0.4 is 14.8 Å². The van der Waals surface area contributed by atoms with E-state index in [9.17, 15) is 4.79 Å². The van der Waals surface area contributed by atoms with Gasteiger partial charge in [0.1, 0.15) is 6.61 Å². The van der Waals surface area contributed by atoms with Crippen molar-refractivity contribution in [1.82, 2.24) is 4.98 Å². The molecule has 2 aromatic carbocycles. The summed E-state index contributed by atoms with van der Waals surface area (Å²) in [6.45, 7) is 0.831. The number of nitrogens with one attached hydrogen (secondary N) is 1. The number of nitrogens with zero attached hydrogens (tertiary/aromatic N) is 1. The molecule has 0 aliphatic heterocycles. The maximum atomic E-state index is 13.2. The third kappa shape index (κ3) is 4.68. The molecule has 4 aromatic rings. The molecular weight excluding hydrogens is 412 g/mol. The SMILES string of the molecule is COCCOc1cc(NC(=O)c2cc(-c3cccs3)nc3ccccc23)ccc1OC. The first-order valence-electron chi connectivity index (χ1n) is 9.74. The molecule has 2 aromatic heterocycles. The predicted octanol–water partition coefficient (Wildman–Crippen LogP) is 5.25. The number of hydrogen-bond donors (Lipinski definition) is 1. The number of aromatic nitrogens is 1. The highest BCUT2D eigenvalue weighted by Gasteiger charge is 2.16. The number of fused-ring (bicyclic) bond motifs is 1. The zero-order valence-electron chi connectivity index (χ0n) is 17.3. The lowest BCUT2D eigenvalue weighted by atomic mass is 10.1. The molecule has 0 aliphatic carbocycles. The summed E-state index contributed by atoms with van der Waals surface area (Å²) in [7, 11) is 3.19. The standard InChI is InChI=1S/C24H22N2O4S/c1-28-11-12-30-22-14-16(9-10-21(22)29-2)25-24(27)18-15-20(23-8-5-13-31-23)26-19-7-4-3-6-17(18)19/h3-10,13-15H,11-12H2,1-2H3,(H,25,27). The number of para-hydroxylation sites is 1. The van der Waals surface area contributed by atoms with E-state index in [2.05, 4.69) is 5.32 Å². The molecule has 7 heteroatoms. The Kier molecular flexibility index (Phi) is 6.45. The van der Waals surface area contributed by atoms with Gasteiger partial charge in [0.2, 0.25) is 0 Å². The van der Waals surface area contributed by atoms with Crippen molar-refractivity contribution in [3.63, 3.8) is 0 Å². The fourth-order valence-electron chi connectivity index (χ4n) is 3.21. The zero-order chi connectivity index (χ0) is 21.6. The Morgan fingerprint density at radius 1 is 1.00 bits per heavy atom. The number of benzene rings is 2. The van der Waals surface area contributed by atoms with Crippen LogP contribution in [0.25, 0.3) is 21.5 Å². The highest BCUT2D eigenvalue weighted by atomic mass is 32.1. The first-order chi connectivity index (χ1) is 15.2. The van der Waals surface area contributed by atoms with E-state index in [1.54, 1.807) is 43.8 Å². The monoisotopic (exact) mass is 434 g/mol. The Morgan fingerprint density at radius 3 is 2.65 bits per heavy atom. The third-order valence-corrected chi connectivity index (χ3v) is 5.59. The Balaban J connectivity index is 1.66. The number of methoxy groups -OCH3 is 2. The number of ether oxygens (including phenoxy) is 3. The minimum Gasteiger partial charge on any atom is -0.493 e. The van der Waals surface area contributed by atoms with Crippen molar-refractivity contribution >= 4 is 33.8 Å². The minimum absolute atomic E-state index is 0.218. The molecule has 0 spiro atoms. The van der Waals surface area contributed by atoms with E-state index in [0.717, 1.165) is 21.5 Å². The number of anilines is 1. The van der Waals surface area contributed by atoms with Crippen LogP contribution >= 0.6 is 11.3 Å². The van der Waals surface area contributed by atoms with E-state index in [-0.39, 0.29) is 5.91 Å². The van der Waals surface area contributed by atoms with Crippen LogP contribution in [0.2, 0.25) is 0 Å². The van der Waals surface area contributed by atoms with Crippen molar-refractivity contribution < 1.29 is 19.0 Å². The Labute approximate surface area is 184 Å². The van der Waals surface area contributed by atoms with Gasteiger partial charge >= 0.3 is 0 Å². The topological polar surface area (TPSA) is 69.7 Å². The van der Waals surface area contributed by atoms with Crippen LogP contribution in [-0.2, 0) is 4.74 Å². The number of carbonyl (C=O) groups is 1. The number of carbonyl (C=O) groups excluding carboxylic acids is 1. The zero-order valence-corrected chi connectivity index (χ0v) is 18.1. The van der Waals surface area contributed by atoms with E-state index in [0.29, 0.717) is 36.0 Å². The van der Waals surface area contributed by atoms with Crippen LogP contribution in [0.15, 0.2) is 66.0 Å². The molecule has 0 atom stereocenters. The third-order valence-electron chi connectivity index (χ3n) is 4.70. The van der Waals surface area contributed by atoms with E-state index >= 15 is 0 Å². The summed E-state index contributed by atoms with van der Waals surface area (Å²) >= 11 is 1.59. The van der Waals surface area contributed by atoms with Gasteiger partial charge in [-0.15, -0.1) is 11.3 Å². The van der Waals surface area contributed by atoms with E-state index < -0.39 is 0 Å². The highest BCUT2D eigenvalue weighted by molar-refractivity contribution is 7.13. The van der Waals surface area contributed by atoms with Crippen molar-refractivity contribution in [3.05, 3.63) is 71.6 Å². The molecule has 0 saturated heterocycles. The summed E-state index contributed by atoms with van der Waals surface area (Å²) in [6.07, 6.45) is 0. The van der Waals surface area contributed by atoms with Crippen LogP contribution in [0.1, 0.15) is 10.4 Å². The summed E-state index contributed by atoms with van der Waals surface area (Å²) < 4.78 is 16.1. The summed E-state index contributed by atoms with van der Waals surface area (Å²) in [5, 5.41) is 5.77. The average molecular weight is 435 g/mol. The van der Waals surface area contributed by atoms with Crippen molar-refractivity contribution in [2.75, 3.05) is 32.8 Å². The number of rotatable bonds is 8. The van der Waals surface area contributed by atoms with Crippen LogP contribution in [-0.4, -0.2) is 38.3 Å². The van der Waals surface area contributed by atoms with E-state index in [1.165, 1.54) is 0 Å². The molecule has 158 valence electrons. The lowest BCUT2D eigenvalue weighted by Crippen LogP contribution is -2.13.